The first kappa shape index (κ1) is 17.6. The molecule has 0 fully saturated rings. The second-order valence-electron chi connectivity index (χ2n) is 5.89. The monoisotopic (exact) mass is 359 g/mol. The topological polar surface area (TPSA) is 91.1 Å². The minimum Gasteiger partial charge on any atom is -0.368 e. The van der Waals surface area contributed by atoms with Crippen LogP contribution >= 0.6 is 11.8 Å². The van der Waals surface area contributed by atoms with E-state index in [1.807, 2.05) is 28.8 Å². The molecule has 1 aromatic carbocycles. The molecule has 3 N–H and O–H groups in total. The lowest BCUT2D eigenvalue weighted by Crippen LogP contribution is -3.11. The summed E-state index contributed by atoms with van der Waals surface area (Å²) in [6, 6.07) is 7.77. The molecule has 0 unspecified atom stereocenters. The van der Waals surface area contributed by atoms with Gasteiger partial charge in [0.2, 0.25) is 11.1 Å². The first-order valence-electron chi connectivity index (χ1n) is 8.50. The van der Waals surface area contributed by atoms with Crippen molar-refractivity contribution in [2.24, 2.45) is 5.73 Å². The van der Waals surface area contributed by atoms with Gasteiger partial charge in [0.15, 0.2) is 5.65 Å². The van der Waals surface area contributed by atoms with Crippen molar-refractivity contribution in [2.75, 3.05) is 25.4 Å². The number of nitrogens with zero attached hydrogens (tertiary/aromatic N) is 4. The molecule has 25 heavy (non-hydrogen) atoms. The Morgan fingerprint density at radius 2 is 2.00 bits per heavy atom. The van der Waals surface area contributed by atoms with Gasteiger partial charge in [-0.15, -0.1) is 10.2 Å². The molecule has 0 atom stereocenters. The fourth-order valence-electron chi connectivity index (χ4n) is 2.96. The molecular formula is C17H23N6OS+. The van der Waals surface area contributed by atoms with Crippen LogP contribution in [0.15, 0.2) is 29.4 Å². The Labute approximate surface area is 150 Å². The molecule has 0 aliphatic rings. The number of quaternary nitrogens is 1. The maximum absolute atomic E-state index is 11.5. The summed E-state index contributed by atoms with van der Waals surface area (Å²) in [6.07, 6.45) is 0. The number of amides is 1. The molecule has 3 aromatic rings. The number of hydrogen-bond donors (Lipinski definition) is 2. The second-order valence-corrected chi connectivity index (χ2v) is 6.95. The zero-order chi connectivity index (χ0) is 17.8. The number of thioether (sulfide) groups is 1. The Hall–Kier alpha value is -2.19. The number of nitrogens with one attached hydrogen (secondary N) is 1. The Kier molecular flexibility index (Phi) is 5.50. The van der Waals surface area contributed by atoms with Crippen LogP contribution in [0.5, 0.6) is 0 Å². The van der Waals surface area contributed by atoms with E-state index in [4.69, 9.17) is 5.73 Å². The maximum atomic E-state index is 11.5. The molecule has 0 radical (unpaired) electrons. The third-order valence-electron chi connectivity index (χ3n) is 4.36. The van der Waals surface area contributed by atoms with Gasteiger partial charge in [-0.05, 0) is 19.9 Å². The summed E-state index contributed by atoms with van der Waals surface area (Å²) >= 11 is 1.60. The molecule has 0 saturated heterocycles. The van der Waals surface area contributed by atoms with E-state index >= 15 is 0 Å². The largest absolute Gasteiger partial charge is 0.368 e. The van der Waals surface area contributed by atoms with Gasteiger partial charge >= 0.3 is 0 Å². The third kappa shape index (κ3) is 3.74. The van der Waals surface area contributed by atoms with Crippen molar-refractivity contribution in [3.05, 3.63) is 24.3 Å². The highest BCUT2D eigenvalue weighted by molar-refractivity contribution is 7.99. The molecule has 0 saturated carbocycles. The van der Waals surface area contributed by atoms with Crippen LogP contribution in [0.2, 0.25) is 0 Å². The molecule has 2 heterocycles. The smallest absolute Gasteiger partial charge is 0.237 e. The Morgan fingerprint density at radius 3 is 2.72 bits per heavy atom. The number of carbonyl (C=O) groups excluding carboxylic acids is 1. The Bertz CT molecular complexity index is 889. The van der Waals surface area contributed by atoms with Crippen molar-refractivity contribution < 1.29 is 9.69 Å². The molecular weight excluding hydrogens is 336 g/mol. The van der Waals surface area contributed by atoms with Crippen molar-refractivity contribution >= 4 is 39.7 Å². The maximum Gasteiger partial charge on any atom is 0.237 e. The zero-order valence-corrected chi connectivity index (χ0v) is 15.3. The van der Waals surface area contributed by atoms with Crippen molar-refractivity contribution in [3.63, 3.8) is 0 Å². The molecule has 7 nitrogen and oxygen atoms in total. The number of primary amides is 1. The van der Waals surface area contributed by atoms with Crippen LogP contribution in [-0.2, 0) is 11.3 Å². The SMILES string of the molecule is CC[NH+](CC)CCSc1nnc2c3ccccc3n(CC(N)=O)c2n1. The van der Waals surface area contributed by atoms with Gasteiger partial charge in [-0.2, -0.15) is 0 Å². The lowest BCUT2D eigenvalue weighted by molar-refractivity contribution is -0.893. The molecule has 0 spiro atoms. The van der Waals surface area contributed by atoms with Crippen LogP contribution in [0.25, 0.3) is 22.1 Å². The normalized spacial score (nSPS) is 11.6. The highest BCUT2D eigenvalue weighted by Gasteiger charge is 2.16. The lowest BCUT2D eigenvalue weighted by Gasteiger charge is -2.14. The number of carbonyl (C=O) groups is 1. The number of aromatic nitrogens is 4. The van der Waals surface area contributed by atoms with Gasteiger partial charge in [0.1, 0.15) is 12.1 Å². The van der Waals surface area contributed by atoms with E-state index in [2.05, 4.69) is 29.0 Å². The summed E-state index contributed by atoms with van der Waals surface area (Å²) in [6.45, 7) is 7.75. The van der Waals surface area contributed by atoms with Crippen LogP contribution in [0.3, 0.4) is 0 Å². The number of fused-ring (bicyclic) bond motifs is 3. The number of para-hydroxylation sites is 1. The molecule has 3 rings (SSSR count). The van der Waals surface area contributed by atoms with E-state index in [1.54, 1.807) is 16.7 Å². The highest BCUT2D eigenvalue weighted by atomic mass is 32.2. The standard InChI is InChI=1S/C17H22N6OS/c1-3-22(4-2)9-10-25-17-19-16-15(20-21-17)12-7-5-6-8-13(12)23(16)11-14(18)24/h5-8H,3-4,9-11H2,1-2H3,(H2,18,24)/p+1. The van der Waals surface area contributed by atoms with Crippen LogP contribution in [0.1, 0.15) is 13.8 Å². The molecule has 2 aromatic heterocycles. The number of hydrogen-bond acceptors (Lipinski definition) is 5. The van der Waals surface area contributed by atoms with E-state index in [9.17, 15) is 4.79 Å². The minimum atomic E-state index is -0.402. The zero-order valence-electron chi connectivity index (χ0n) is 14.5. The van der Waals surface area contributed by atoms with E-state index in [1.165, 1.54) is 0 Å². The summed E-state index contributed by atoms with van der Waals surface area (Å²) < 4.78 is 1.82. The van der Waals surface area contributed by atoms with Crippen molar-refractivity contribution in [1.82, 2.24) is 19.7 Å². The Morgan fingerprint density at radius 1 is 1.24 bits per heavy atom. The fraction of sp³-hybridized carbons (Fsp3) is 0.412. The van der Waals surface area contributed by atoms with E-state index in [-0.39, 0.29) is 6.54 Å². The average Bonchev–Trinajstić information content (AvgIpc) is 2.92. The van der Waals surface area contributed by atoms with Gasteiger partial charge in [-0.1, -0.05) is 30.0 Å². The van der Waals surface area contributed by atoms with Crippen molar-refractivity contribution in [3.8, 4) is 0 Å². The van der Waals surface area contributed by atoms with Crippen LogP contribution in [0.4, 0.5) is 0 Å². The number of benzene rings is 1. The van der Waals surface area contributed by atoms with Crippen molar-refractivity contribution in [2.45, 2.75) is 25.5 Å². The molecule has 1 amide bonds. The molecule has 8 heteroatoms. The molecule has 0 bridgehead atoms. The number of nitrogens with two attached hydrogens (primary N) is 1. The minimum absolute atomic E-state index is 0.0798. The summed E-state index contributed by atoms with van der Waals surface area (Å²) in [7, 11) is 0. The summed E-state index contributed by atoms with van der Waals surface area (Å²) in [5.41, 5.74) is 7.68. The first-order valence-corrected chi connectivity index (χ1v) is 9.48. The molecule has 132 valence electrons. The van der Waals surface area contributed by atoms with Gasteiger partial charge in [-0.3, -0.25) is 4.79 Å². The quantitative estimate of drug-likeness (QED) is 0.571. The molecule has 0 aliphatic carbocycles. The second kappa shape index (κ2) is 7.79. The van der Waals surface area contributed by atoms with E-state index in [0.717, 1.165) is 36.3 Å². The van der Waals surface area contributed by atoms with Crippen LogP contribution < -0.4 is 10.6 Å². The van der Waals surface area contributed by atoms with Crippen molar-refractivity contribution in [1.29, 1.82) is 0 Å². The Balaban J connectivity index is 1.93. The number of rotatable bonds is 8. The molecule has 0 aliphatic heterocycles. The van der Waals surface area contributed by atoms with Gasteiger partial charge in [0.25, 0.3) is 0 Å². The van der Waals surface area contributed by atoms with Gasteiger partial charge in [-0.25, -0.2) is 4.98 Å². The lowest BCUT2D eigenvalue weighted by atomic mass is 10.2. The first-order chi connectivity index (χ1) is 12.1. The average molecular weight is 359 g/mol. The summed E-state index contributed by atoms with van der Waals surface area (Å²) in [5, 5.41) is 10.2. The highest BCUT2D eigenvalue weighted by Crippen LogP contribution is 2.26. The summed E-state index contributed by atoms with van der Waals surface area (Å²) in [5.74, 6) is 0.529. The third-order valence-corrected chi connectivity index (χ3v) is 5.19. The fourth-order valence-corrected chi connectivity index (χ4v) is 3.78. The van der Waals surface area contributed by atoms with Gasteiger partial charge < -0.3 is 15.2 Å². The van der Waals surface area contributed by atoms with Crippen LogP contribution in [-0.4, -0.2) is 51.0 Å². The van der Waals surface area contributed by atoms with Gasteiger partial charge in [0, 0.05) is 5.39 Å². The predicted octanol–water partition coefficient (Wildman–Crippen LogP) is 0.482. The summed E-state index contributed by atoms with van der Waals surface area (Å²) in [4.78, 5) is 17.7. The van der Waals surface area contributed by atoms with Crippen LogP contribution in [0, 0.1) is 0 Å². The predicted molar refractivity (Wildman–Crippen MR) is 99.7 cm³/mol. The van der Waals surface area contributed by atoms with E-state index < -0.39 is 5.91 Å². The van der Waals surface area contributed by atoms with Gasteiger partial charge in [0.05, 0.1) is 30.9 Å². The van der Waals surface area contributed by atoms with E-state index in [0.29, 0.717) is 16.3 Å².